The highest BCUT2D eigenvalue weighted by Crippen LogP contribution is 2.28. The SMILES string of the molecule is C=C1CCC/C1=C/C=C\C.CC. The first-order chi connectivity index (χ1) is 5.84. The van der Waals surface area contributed by atoms with Crippen LogP contribution in [0.2, 0.25) is 0 Å². The molecule has 0 unspecified atom stereocenters. The highest BCUT2D eigenvalue weighted by atomic mass is 14.1. The maximum Gasteiger partial charge on any atom is -0.0273 e. The Morgan fingerprint density at radius 3 is 2.33 bits per heavy atom. The third-order valence-electron chi connectivity index (χ3n) is 1.87. The second-order valence-corrected chi connectivity index (χ2v) is 2.67. The third kappa shape index (κ3) is 3.56. The van der Waals surface area contributed by atoms with Crippen LogP contribution in [0.3, 0.4) is 0 Å². The zero-order valence-electron chi connectivity index (χ0n) is 8.56. The Morgan fingerprint density at radius 2 is 1.92 bits per heavy atom. The summed E-state index contributed by atoms with van der Waals surface area (Å²) in [5, 5.41) is 0. The van der Waals surface area contributed by atoms with E-state index in [-0.39, 0.29) is 0 Å². The van der Waals surface area contributed by atoms with Gasteiger partial charge in [-0.1, -0.05) is 44.2 Å². The molecule has 1 aliphatic carbocycles. The Bertz CT molecular complexity index is 182. The van der Waals surface area contributed by atoms with Crippen molar-refractivity contribution in [3.63, 3.8) is 0 Å². The van der Waals surface area contributed by atoms with Gasteiger partial charge in [0.2, 0.25) is 0 Å². The van der Waals surface area contributed by atoms with Crippen molar-refractivity contribution in [2.24, 2.45) is 0 Å². The van der Waals surface area contributed by atoms with Crippen molar-refractivity contribution in [2.75, 3.05) is 0 Å². The maximum absolute atomic E-state index is 3.99. The normalized spacial score (nSPS) is 19.9. The Kier molecular flexibility index (Phi) is 6.45. The summed E-state index contributed by atoms with van der Waals surface area (Å²) in [4.78, 5) is 0. The molecule has 0 N–H and O–H groups in total. The summed E-state index contributed by atoms with van der Waals surface area (Å²) in [7, 11) is 0. The van der Waals surface area contributed by atoms with Gasteiger partial charge in [0.05, 0.1) is 0 Å². The van der Waals surface area contributed by atoms with E-state index in [1.807, 2.05) is 20.8 Å². The smallest absolute Gasteiger partial charge is 0.0273 e. The van der Waals surface area contributed by atoms with E-state index < -0.39 is 0 Å². The third-order valence-corrected chi connectivity index (χ3v) is 1.87. The Labute approximate surface area is 76.7 Å². The molecular formula is C12H20. The summed E-state index contributed by atoms with van der Waals surface area (Å²) in [6, 6.07) is 0. The minimum Gasteiger partial charge on any atom is -0.0956 e. The van der Waals surface area contributed by atoms with Gasteiger partial charge in [-0.2, -0.15) is 0 Å². The lowest BCUT2D eigenvalue weighted by Crippen LogP contribution is -1.72. The molecule has 0 radical (unpaired) electrons. The fraction of sp³-hybridized carbons (Fsp3) is 0.500. The quantitative estimate of drug-likeness (QED) is 0.543. The van der Waals surface area contributed by atoms with E-state index in [0.717, 1.165) is 0 Å². The zero-order chi connectivity index (χ0) is 9.40. The maximum atomic E-state index is 3.99. The summed E-state index contributed by atoms with van der Waals surface area (Å²) in [6.07, 6.45) is 10.0. The van der Waals surface area contributed by atoms with Crippen LogP contribution in [-0.2, 0) is 0 Å². The van der Waals surface area contributed by atoms with Gasteiger partial charge < -0.3 is 0 Å². The van der Waals surface area contributed by atoms with Crippen molar-refractivity contribution in [3.8, 4) is 0 Å². The number of rotatable bonds is 1. The molecule has 0 spiro atoms. The van der Waals surface area contributed by atoms with E-state index in [1.165, 1.54) is 30.4 Å². The average molecular weight is 164 g/mol. The van der Waals surface area contributed by atoms with Gasteiger partial charge in [-0.25, -0.2) is 0 Å². The van der Waals surface area contributed by atoms with E-state index in [2.05, 4.69) is 24.8 Å². The van der Waals surface area contributed by atoms with Crippen molar-refractivity contribution in [2.45, 2.75) is 40.0 Å². The van der Waals surface area contributed by atoms with Crippen LogP contribution in [0, 0.1) is 0 Å². The zero-order valence-corrected chi connectivity index (χ0v) is 8.56. The van der Waals surface area contributed by atoms with Gasteiger partial charge in [0.1, 0.15) is 0 Å². The predicted octanol–water partition coefficient (Wildman–Crippen LogP) is 4.26. The van der Waals surface area contributed by atoms with Gasteiger partial charge >= 0.3 is 0 Å². The molecule has 0 atom stereocenters. The summed E-state index contributed by atoms with van der Waals surface area (Å²) in [5.41, 5.74) is 2.77. The molecular weight excluding hydrogens is 144 g/mol. The minimum atomic E-state index is 1.20. The van der Waals surface area contributed by atoms with E-state index in [0.29, 0.717) is 0 Å². The van der Waals surface area contributed by atoms with Gasteiger partial charge in [-0.3, -0.25) is 0 Å². The number of hydrogen-bond acceptors (Lipinski definition) is 0. The molecule has 0 aromatic heterocycles. The van der Waals surface area contributed by atoms with E-state index in [9.17, 15) is 0 Å². The molecule has 0 aromatic carbocycles. The van der Waals surface area contributed by atoms with Crippen LogP contribution < -0.4 is 0 Å². The Morgan fingerprint density at radius 1 is 1.25 bits per heavy atom. The molecule has 68 valence electrons. The fourth-order valence-electron chi connectivity index (χ4n) is 1.24. The summed E-state index contributed by atoms with van der Waals surface area (Å²) < 4.78 is 0. The largest absolute Gasteiger partial charge is 0.0956 e. The van der Waals surface area contributed by atoms with Crippen molar-refractivity contribution in [3.05, 3.63) is 36.0 Å². The van der Waals surface area contributed by atoms with Gasteiger partial charge in [0.15, 0.2) is 0 Å². The lowest BCUT2D eigenvalue weighted by Gasteiger charge is -1.92. The van der Waals surface area contributed by atoms with E-state index in [4.69, 9.17) is 0 Å². The van der Waals surface area contributed by atoms with Gasteiger partial charge in [-0.15, -0.1) is 0 Å². The topological polar surface area (TPSA) is 0 Å². The van der Waals surface area contributed by atoms with Crippen molar-refractivity contribution < 1.29 is 0 Å². The van der Waals surface area contributed by atoms with Crippen LogP contribution in [-0.4, -0.2) is 0 Å². The van der Waals surface area contributed by atoms with Gasteiger partial charge in [-0.05, 0) is 31.8 Å². The van der Waals surface area contributed by atoms with Crippen LogP contribution in [0.4, 0.5) is 0 Å². The highest BCUT2D eigenvalue weighted by Gasteiger charge is 2.08. The lowest BCUT2D eigenvalue weighted by molar-refractivity contribution is 0.933. The van der Waals surface area contributed by atoms with Crippen LogP contribution in [0.15, 0.2) is 36.0 Å². The molecule has 1 aliphatic rings. The first kappa shape index (κ1) is 11.2. The average Bonchev–Trinajstić information content (AvgIpc) is 2.51. The van der Waals surface area contributed by atoms with Crippen molar-refractivity contribution in [1.82, 2.24) is 0 Å². The Balaban J connectivity index is 0.000000561. The summed E-state index contributed by atoms with van der Waals surface area (Å²) in [5.74, 6) is 0. The van der Waals surface area contributed by atoms with Crippen LogP contribution in [0.5, 0.6) is 0 Å². The molecule has 1 saturated carbocycles. The second kappa shape index (κ2) is 6.90. The standard InChI is InChI=1S/C10H14.C2H6/c1-3-4-7-10-8-5-6-9(10)2;1-2/h3-4,7H,2,5-6,8H2,1H3;1-2H3/b4-3-,10-7-;. The second-order valence-electron chi connectivity index (χ2n) is 2.67. The fourth-order valence-corrected chi connectivity index (χ4v) is 1.24. The molecule has 0 amide bonds. The Hall–Kier alpha value is -0.780. The highest BCUT2D eigenvalue weighted by molar-refractivity contribution is 5.34. The molecule has 0 aliphatic heterocycles. The molecule has 0 aromatic rings. The predicted molar refractivity (Wildman–Crippen MR) is 57.2 cm³/mol. The van der Waals surface area contributed by atoms with Crippen LogP contribution >= 0.6 is 0 Å². The molecule has 1 rings (SSSR count). The first-order valence-electron chi connectivity index (χ1n) is 4.84. The van der Waals surface area contributed by atoms with Gasteiger partial charge in [0, 0.05) is 0 Å². The molecule has 12 heavy (non-hydrogen) atoms. The van der Waals surface area contributed by atoms with E-state index in [1.54, 1.807) is 0 Å². The summed E-state index contributed by atoms with van der Waals surface area (Å²) >= 11 is 0. The molecule has 1 fully saturated rings. The minimum absolute atomic E-state index is 1.20. The molecule has 0 bridgehead atoms. The van der Waals surface area contributed by atoms with Crippen molar-refractivity contribution in [1.29, 1.82) is 0 Å². The monoisotopic (exact) mass is 164 g/mol. The molecule has 0 heterocycles. The van der Waals surface area contributed by atoms with Crippen LogP contribution in [0.25, 0.3) is 0 Å². The molecule has 0 nitrogen and oxygen atoms in total. The molecule has 0 saturated heterocycles. The van der Waals surface area contributed by atoms with Crippen molar-refractivity contribution >= 4 is 0 Å². The molecule has 0 heteroatoms. The van der Waals surface area contributed by atoms with E-state index >= 15 is 0 Å². The van der Waals surface area contributed by atoms with Crippen LogP contribution in [0.1, 0.15) is 40.0 Å². The van der Waals surface area contributed by atoms with Gasteiger partial charge in [0.25, 0.3) is 0 Å². The number of hydrogen-bond donors (Lipinski definition) is 0. The first-order valence-corrected chi connectivity index (χ1v) is 4.84. The number of allylic oxidation sites excluding steroid dienone is 5. The summed E-state index contributed by atoms with van der Waals surface area (Å²) in [6.45, 7) is 10.0. The lowest BCUT2D eigenvalue weighted by atomic mass is 10.1.